The van der Waals surface area contributed by atoms with Crippen LogP contribution in [0.3, 0.4) is 0 Å². The largest absolute Gasteiger partial charge is 0.469 e. The Morgan fingerprint density at radius 3 is 2.72 bits per heavy atom. The molecule has 0 saturated heterocycles. The van der Waals surface area contributed by atoms with Crippen LogP contribution in [0.5, 0.6) is 0 Å². The van der Waals surface area contributed by atoms with Crippen LogP contribution in [0.25, 0.3) is 0 Å². The molecule has 0 aliphatic rings. The first-order valence-electron chi connectivity index (χ1n) is 6.39. The standard InChI is InChI=1S/C14H21N3O/c1-5-17-13(6-10(2)16-17)8-14(15-4)12-7-11(3)18-9-12/h6-7,9,14-15H,5,8H2,1-4H3. The van der Waals surface area contributed by atoms with Crippen molar-refractivity contribution >= 4 is 0 Å². The first-order chi connectivity index (χ1) is 8.63. The second kappa shape index (κ2) is 5.40. The van der Waals surface area contributed by atoms with Crippen LogP contribution in [-0.4, -0.2) is 16.8 Å². The SMILES string of the molecule is CCn1nc(C)cc1CC(NC)c1coc(C)c1. The lowest BCUT2D eigenvalue weighted by molar-refractivity contribution is 0.511. The Hall–Kier alpha value is -1.55. The topological polar surface area (TPSA) is 43.0 Å². The van der Waals surface area contributed by atoms with Gasteiger partial charge in [0, 0.05) is 30.3 Å². The third-order valence-electron chi connectivity index (χ3n) is 3.20. The summed E-state index contributed by atoms with van der Waals surface area (Å²) in [5.41, 5.74) is 3.52. The molecule has 2 aromatic rings. The van der Waals surface area contributed by atoms with Crippen LogP contribution < -0.4 is 5.32 Å². The zero-order valence-electron chi connectivity index (χ0n) is 11.5. The number of rotatable bonds is 5. The number of hydrogen-bond acceptors (Lipinski definition) is 3. The summed E-state index contributed by atoms with van der Waals surface area (Å²) in [6.07, 6.45) is 2.75. The van der Waals surface area contributed by atoms with Gasteiger partial charge in [0.1, 0.15) is 5.76 Å². The quantitative estimate of drug-likeness (QED) is 0.883. The van der Waals surface area contributed by atoms with Crippen LogP contribution in [-0.2, 0) is 13.0 Å². The van der Waals surface area contributed by atoms with Crippen molar-refractivity contribution in [2.45, 2.75) is 39.8 Å². The number of hydrogen-bond donors (Lipinski definition) is 1. The number of furan rings is 1. The van der Waals surface area contributed by atoms with Gasteiger partial charge in [0.15, 0.2) is 0 Å². The van der Waals surface area contributed by atoms with E-state index in [4.69, 9.17) is 4.42 Å². The van der Waals surface area contributed by atoms with Crippen molar-refractivity contribution in [2.24, 2.45) is 0 Å². The number of aromatic nitrogens is 2. The lowest BCUT2D eigenvalue weighted by atomic mass is 10.0. The molecule has 0 bridgehead atoms. The summed E-state index contributed by atoms with van der Waals surface area (Å²) < 4.78 is 7.45. The number of aryl methyl sites for hydroxylation is 3. The minimum absolute atomic E-state index is 0.267. The van der Waals surface area contributed by atoms with Crippen LogP contribution >= 0.6 is 0 Å². The molecule has 0 aliphatic carbocycles. The second-order valence-corrected chi connectivity index (χ2v) is 4.63. The second-order valence-electron chi connectivity index (χ2n) is 4.63. The first-order valence-corrected chi connectivity index (χ1v) is 6.39. The molecule has 0 aromatic carbocycles. The van der Waals surface area contributed by atoms with E-state index in [9.17, 15) is 0 Å². The Morgan fingerprint density at radius 2 is 2.17 bits per heavy atom. The maximum Gasteiger partial charge on any atom is 0.101 e. The van der Waals surface area contributed by atoms with Gasteiger partial charge in [-0.25, -0.2) is 0 Å². The fourth-order valence-corrected chi connectivity index (χ4v) is 2.28. The van der Waals surface area contributed by atoms with E-state index in [1.54, 1.807) is 0 Å². The monoisotopic (exact) mass is 247 g/mol. The van der Waals surface area contributed by atoms with E-state index < -0.39 is 0 Å². The Bertz CT molecular complexity index is 513. The van der Waals surface area contributed by atoms with Gasteiger partial charge < -0.3 is 9.73 Å². The molecule has 1 atom stereocenters. The average molecular weight is 247 g/mol. The van der Waals surface area contributed by atoms with Gasteiger partial charge in [0.25, 0.3) is 0 Å². The molecule has 1 N–H and O–H groups in total. The van der Waals surface area contributed by atoms with Crippen LogP contribution in [0.2, 0.25) is 0 Å². The summed E-state index contributed by atoms with van der Waals surface area (Å²) in [6.45, 7) is 7.03. The molecule has 0 radical (unpaired) electrons. The van der Waals surface area contributed by atoms with Crippen molar-refractivity contribution in [2.75, 3.05) is 7.05 Å². The molecule has 18 heavy (non-hydrogen) atoms. The van der Waals surface area contributed by atoms with Crippen molar-refractivity contribution in [1.29, 1.82) is 0 Å². The minimum atomic E-state index is 0.267. The summed E-state index contributed by atoms with van der Waals surface area (Å²) >= 11 is 0. The highest BCUT2D eigenvalue weighted by Gasteiger charge is 2.15. The minimum Gasteiger partial charge on any atom is -0.469 e. The van der Waals surface area contributed by atoms with Gasteiger partial charge >= 0.3 is 0 Å². The third-order valence-corrected chi connectivity index (χ3v) is 3.20. The first kappa shape index (κ1) is 12.9. The normalized spacial score (nSPS) is 12.9. The fourth-order valence-electron chi connectivity index (χ4n) is 2.28. The highest BCUT2D eigenvalue weighted by Crippen LogP contribution is 2.20. The zero-order valence-corrected chi connectivity index (χ0v) is 11.5. The van der Waals surface area contributed by atoms with E-state index in [0.29, 0.717) is 0 Å². The van der Waals surface area contributed by atoms with E-state index in [-0.39, 0.29) is 6.04 Å². The molecule has 1 unspecified atom stereocenters. The molecule has 2 heterocycles. The van der Waals surface area contributed by atoms with E-state index in [0.717, 1.165) is 24.4 Å². The lowest BCUT2D eigenvalue weighted by Gasteiger charge is -2.14. The molecule has 2 rings (SSSR count). The molecular weight excluding hydrogens is 226 g/mol. The van der Waals surface area contributed by atoms with Crippen LogP contribution in [0.1, 0.15) is 35.7 Å². The van der Waals surface area contributed by atoms with E-state index in [1.807, 2.05) is 27.2 Å². The van der Waals surface area contributed by atoms with Crippen LogP contribution in [0, 0.1) is 13.8 Å². The van der Waals surface area contributed by atoms with Crippen LogP contribution in [0.15, 0.2) is 22.8 Å². The van der Waals surface area contributed by atoms with Gasteiger partial charge in [-0.05, 0) is 40.0 Å². The fraction of sp³-hybridized carbons (Fsp3) is 0.500. The molecule has 0 spiro atoms. The van der Waals surface area contributed by atoms with Crippen molar-refractivity contribution in [3.05, 3.63) is 41.1 Å². The van der Waals surface area contributed by atoms with Gasteiger partial charge in [-0.2, -0.15) is 5.10 Å². The Balaban J connectivity index is 2.19. The summed E-state index contributed by atoms with van der Waals surface area (Å²) in [7, 11) is 1.98. The van der Waals surface area contributed by atoms with Gasteiger partial charge in [0.05, 0.1) is 12.0 Å². The number of nitrogens with zero attached hydrogens (tertiary/aromatic N) is 2. The zero-order chi connectivity index (χ0) is 13.1. The van der Waals surface area contributed by atoms with E-state index in [1.165, 1.54) is 11.3 Å². The summed E-state index contributed by atoms with van der Waals surface area (Å²) in [5.74, 6) is 0.949. The van der Waals surface area contributed by atoms with Crippen molar-refractivity contribution in [1.82, 2.24) is 15.1 Å². The Labute approximate surface area is 108 Å². The molecular formula is C14H21N3O. The van der Waals surface area contributed by atoms with Crippen molar-refractivity contribution < 1.29 is 4.42 Å². The molecule has 0 amide bonds. The van der Waals surface area contributed by atoms with Crippen LogP contribution in [0.4, 0.5) is 0 Å². The summed E-state index contributed by atoms with van der Waals surface area (Å²) in [4.78, 5) is 0. The van der Waals surface area contributed by atoms with Crippen molar-refractivity contribution in [3.63, 3.8) is 0 Å². The number of likely N-dealkylation sites (N-methyl/N-ethyl adjacent to an activating group) is 1. The molecule has 0 fully saturated rings. The van der Waals surface area contributed by atoms with Gasteiger partial charge in [-0.3, -0.25) is 4.68 Å². The molecule has 2 aromatic heterocycles. The Kier molecular flexibility index (Phi) is 3.87. The Morgan fingerprint density at radius 1 is 1.39 bits per heavy atom. The van der Waals surface area contributed by atoms with Gasteiger partial charge in [-0.1, -0.05) is 0 Å². The highest BCUT2D eigenvalue weighted by molar-refractivity contribution is 5.20. The van der Waals surface area contributed by atoms with Gasteiger partial charge in [-0.15, -0.1) is 0 Å². The predicted molar refractivity (Wildman–Crippen MR) is 71.6 cm³/mol. The molecule has 0 saturated carbocycles. The third kappa shape index (κ3) is 2.64. The lowest BCUT2D eigenvalue weighted by Crippen LogP contribution is -2.20. The van der Waals surface area contributed by atoms with E-state index >= 15 is 0 Å². The molecule has 4 nitrogen and oxygen atoms in total. The maximum atomic E-state index is 5.38. The number of nitrogens with one attached hydrogen (secondary N) is 1. The predicted octanol–water partition coefficient (Wildman–Crippen LogP) is 2.62. The van der Waals surface area contributed by atoms with Crippen molar-refractivity contribution in [3.8, 4) is 0 Å². The van der Waals surface area contributed by atoms with E-state index in [2.05, 4.69) is 34.2 Å². The molecule has 0 aliphatic heterocycles. The highest BCUT2D eigenvalue weighted by atomic mass is 16.3. The average Bonchev–Trinajstić information content (AvgIpc) is 2.92. The maximum absolute atomic E-state index is 5.38. The van der Waals surface area contributed by atoms with Gasteiger partial charge in [0.2, 0.25) is 0 Å². The molecule has 4 heteroatoms. The smallest absolute Gasteiger partial charge is 0.101 e. The summed E-state index contributed by atoms with van der Waals surface area (Å²) in [6, 6.07) is 4.51. The molecule has 98 valence electrons. The summed E-state index contributed by atoms with van der Waals surface area (Å²) in [5, 5.41) is 7.82.